The first kappa shape index (κ1) is 66.3. The molecule has 0 amide bonds. The van der Waals surface area contributed by atoms with Gasteiger partial charge in [0, 0.05) is 19.3 Å². The van der Waals surface area contributed by atoms with E-state index in [1.165, 1.54) is 51.4 Å². The van der Waals surface area contributed by atoms with Crippen molar-refractivity contribution in [3.05, 3.63) is 146 Å². The summed E-state index contributed by atoms with van der Waals surface area (Å²) in [6.07, 6.45) is 82.8. The minimum Gasteiger partial charge on any atom is -0.462 e. The maximum absolute atomic E-state index is 12.8. The maximum atomic E-state index is 12.8. The second kappa shape index (κ2) is 57.9. The molecule has 0 aliphatic heterocycles. The van der Waals surface area contributed by atoms with E-state index in [-0.39, 0.29) is 44.0 Å². The van der Waals surface area contributed by atoms with E-state index in [1.54, 1.807) is 0 Å². The summed E-state index contributed by atoms with van der Waals surface area (Å²) in [5, 5.41) is 0. The molecular formula is C65H102O6. The van der Waals surface area contributed by atoms with E-state index in [2.05, 4.69) is 154 Å². The number of esters is 3. The molecule has 0 saturated carbocycles. The van der Waals surface area contributed by atoms with Gasteiger partial charge in [-0.25, -0.2) is 0 Å². The molecule has 0 radical (unpaired) electrons. The summed E-state index contributed by atoms with van der Waals surface area (Å²) in [4.78, 5) is 38.1. The minimum atomic E-state index is -0.828. The highest BCUT2D eigenvalue weighted by atomic mass is 16.6. The highest BCUT2D eigenvalue weighted by Crippen LogP contribution is 2.14. The molecular weight excluding hydrogens is 877 g/mol. The minimum absolute atomic E-state index is 0.118. The van der Waals surface area contributed by atoms with Gasteiger partial charge in [-0.05, 0) is 122 Å². The Kier molecular flexibility index (Phi) is 54.0. The van der Waals surface area contributed by atoms with Crippen molar-refractivity contribution in [2.75, 3.05) is 13.2 Å². The SMILES string of the molecule is CC/C=C\C/C=C\C/C=C\C/C=C\CCCCCCCCCCCCC(=O)OCC(COC(=O)CC/C=C\C/C=C\C/C=C\C/C=C\CC)OC(=O)CCCCCC/C=C\C/C=C\C/C=C\C/C=C\CC. The summed E-state index contributed by atoms with van der Waals surface area (Å²) < 4.78 is 16.8. The van der Waals surface area contributed by atoms with E-state index in [0.29, 0.717) is 12.8 Å². The van der Waals surface area contributed by atoms with Crippen LogP contribution in [0.15, 0.2) is 146 Å². The first-order valence-electron chi connectivity index (χ1n) is 28.3. The molecule has 1 atom stereocenters. The molecule has 0 aliphatic rings. The second-order valence-corrected chi connectivity index (χ2v) is 18.0. The van der Waals surface area contributed by atoms with Crippen LogP contribution < -0.4 is 0 Å². The first-order valence-corrected chi connectivity index (χ1v) is 28.3. The van der Waals surface area contributed by atoms with Gasteiger partial charge in [-0.2, -0.15) is 0 Å². The van der Waals surface area contributed by atoms with Crippen molar-refractivity contribution in [3.63, 3.8) is 0 Å². The van der Waals surface area contributed by atoms with Gasteiger partial charge in [-0.15, -0.1) is 0 Å². The summed E-state index contributed by atoms with van der Waals surface area (Å²) in [5.41, 5.74) is 0. The average Bonchev–Trinajstić information content (AvgIpc) is 3.37. The van der Waals surface area contributed by atoms with E-state index < -0.39 is 6.10 Å². The van der Waals surface area contributed by atoms with Crippen molar-refractivity contribution in [1.82, 2.24) is 0 Å². The van der Waals surface area contributed by atoms with Crippen LogP contribution >= 0.6 is 0 Å². The standard InChI is InChI=1S/C65H102O6/c1-4-7-10-13-16-19-22-25-27-29-30-31-32-33-34-36-37-40-43-46-49-52-55-58-64(67)70-61-62(60-69-63(66)57-54-51-48-45-42-39-24-21-18-15-12-9-6-3)71-65(68)59-56-53-50-47-44-41-38-35-28-26-23-20-17-14-11-8-5-2/h7-12,16-21,25-28,30-31,38-39,41-42,48,51,62H,4-6,13-15,22-24,29,32-37,40,43-47,49-50,52-61H2,1-3H3/b10-7-,11-8-,12-9-,19-16-,20-17-,21-18-,27-25-,28-26-,31-30-,41-38-,42-39-,51-48-. The van der Waals surface area contributed by atoms with Crippen molar-refractivity contribution >= 4 is 17.9 Å². The number of hydrogen-bond donors (Lipinski definition) is 0. The lowest BCUT2D eigenvalue weighted by Crippen LogP contribution is -2.30. The third-order valence-corrected chi connectivity index (χ3v) is 11.3. The van der Waals surface area contributed by atoms with Crippen LogP contribution in [0.25, 0.3) is 0 Å². The highest BCUT2D eigenvalue weighted by Gasteiger charge is 2.19. The van der Waals surface area contributed by atoms with E-state index in [4.69, 9.17) is 14.2 Å². The van der Waals surface area contributed by atoms with Crippen LogP contribution in [0.5, 0.6) is 0 Å². The van der Waals surface area contributed by atoms with Gasteiger partial charge in [0.2, 0.25) is 0 Å². The lowest BCUT2D eigenvalue weighted by molar-refractivity contribution is -0.166. The third kappa shape index (κ3) is 56.1. The first-order chi connectivity index (χ1) is 35.0. The molecule has 398 valence electrons. The van der Waals surface area contributed by atoms with Gasteiger partial charge in [0.1, 0.15) is 13.2 Å². The number of rotatable bonds is 49. The van der Waals surface area contributed by atoms with Crippen molar-refractivity contribution in [2.45, 2.75) is 232 Å². The molecule has 6 nitrogen and oxygen atoms in total. The number of carbonyl (C=O) groups excluding carboxylic acids is 3. The Hall–Kier alpha value is -4.71. The van der Waals surface area contributed by atoms with E-state index in [1.807, 2.05) is 12.2 Å². The number of allylic oxidation sites excluding steroid dienone is 24. The maximum Gasteiger partial charge on any atom is 0.306 e. The van der Waals surface area contributed by atoms with Crippen molar-refractivity contribution in [1.29, 1.82) is 0 Å². The van der Waals surface area contributed by atoms with Gasteiger partial charge >= 0.3 is 17.9 Å². The summed E-state index contributed by atoms with van der Waals surface area (Å²) in [7, 11) is 0. The Morgan fingerprint density at radius 3 is 0.873 bits per heavy atom. The van der Waals surface area contributed by atoms with Gasteiger partial charge < -0.3 is 14.2 Å². The Bertz CT molecular complexity index is 1590. The Balaban J connectivity index is 4.46. The molecule has 0 aliphatic carbocycles. The molecule has 0 rings (SSSR count). The predicted molar refractivity (Wildman–Crippen MR) is 306 cm³/mol. The fourth-order valence-corrected chi connectivity index (χ4v) is 7.20. The van der Waals surface area contributed by atoms with Gasteiger partial charge in [0.15, 0.2) is 6.10 Å². The zero-order chi connectivity index (χ0) is 51.4. The molecule has 0 heterocycles. The molecule has 0 aromatic heterocycles. The average molecular weight is 980 g/mol. The van der Waals surface area contributed by atoms with Crippen LogP contribution in [0.2, 0.25) is 0 Å². The summed E-state index contributed by atoms with van der Waals surface area (Å²) in [6.45, 7) is 6.20. The number of ether oxygens (including phenoxy) is 3. The molecule has 6 heteroatoms. The summed E-state index contributed by atoms with van der Waals surface area (Å²) >= 11 is 0. The molecule has 1 unspecified atom stereocenters. The van der Waals surface area contributed by atoms with Gasteiger partial charge in [0.05, 0.1) is 0 Å². The Morgan fingerprint density at radius 1 is 0.282 bits per heavy atom. The zero-order valence-electron chi connectivity index (χ0n) is 45.4. The molecule has 0 aromatic carbocycles. The molecule has 0 fully saturated rings. The monoisotopic (exact) mass is 979 g/mol. The van der Waals surface area contributed by atoms with Crippen LogP contribution in [0, 0.1) is 0 Å². The van der Waals surface area contributed by atoms with Crippen LogP contribution in [0.3, 0.4) is 0 Å². The number of unbranched alkanes of at least 4 members (excludes halogenated alkanes) is 14. The molecule has 0 bridgehead atoms. The van der Waals surface area contributed by atoms with E-state index in [0.717, 1.165) is 128 Å². The molecule has 0 N–H and O–H groups in total. The lowest BCUT2D eigenvalue weighted by Gasteiger charge is -2.18. The second-order valence-electron chi connectivity index (χ2n) is 18.0. The smallest absolute Gasteiger partial charge is 0.306 e. The largest absolute Gasteiger partial charge is 0.462 e. The van der Waals surface area contributed by atoms with Crippen LogP contribution in [-0.4, -0.2) is 37.2 Å². The van der Waals surface area contributed by atoms with Gasteiger partial charge in [-0.3, -0.25) is 14.4 Å². The number of carbonyl (C=O) groups is 3. The molecule has 71 heavy (non-hydrogen) atoms. The van der Waals surface area contributed by atoms with Gasteiger partial charge in [-0.1, -0.05) is 231 Å². The lowest BCUT2D eigenvalue weighted by atomic mass is 10.1. The fourth-order valence-electron chi connectivity index (χ4n) is 7.20. The fraction of sp³-hybridized carbons (Fsp3) is 0.585. The zero-order valence-corrected chi connectivity index (χ0v) is 45.4. The van der Waals surface area contributed by atoms with Crippen molar-refractivity contribution < 1.29 is 28.6 Å². The van der Waals surface area contributed by atoms with E-state index in [9.17, 15) is 14.4 Å². The topological polar surface area (TPSA) is 78.9 Å². The third-order valence-electron chi connectivity index (χ3n) is 11.3. The number of hydrogen-bond acceptors (Lipinski definition) is 6. The van der Waals surface area contributed by atoms with Crippen molar-refractivity contribution in [2.24, 2.45) is 0 Å². The van der Waals surface area contributed by atoms with Crippen molar-refractivity contribution in [3.8, 4) is 0 Å². The van der Waals surface area contributed by atoms with E-state index >= 15 is 0 Å². The van der Waals surface area contributed by atoms with Gasteiger partial charge in [0.25, 0.3) is 0 Å². The molecule has 0 saturated heterocycles. The normalized spacial score (nSPS) is 13.2. The summed E-state index contributed by atoms with van der Waals surface area (Å²) in [6, 6.07) is 0. The summed E-state index contributed by atoms with van der Waals surface area (Å²) in [5.74, 6) is -1.04. The highest BCUT2D eigenvalue weighted by molar-refractivity contribution is 5.71. The molecule has 0 spiro atoms. The Morgan fingerprint density at radius 2 is 0.535 bits per heavy atom. The van der Waals surface area contributed by atoms with Crippen LogP contribution in [0.4, 0.5) is 0 Å². The molecule has 0 aromatic rings. The van der Waals surface area contributed by atoms with Crippen LogP contribution in [-0.2, 0) is 28.6 Å². The Labute approximate surface area is 436 Å². The van der Waals surface area contributed by atoms with Crippen LogP contribution in [0.1, 0.15) is 226 Å². The predicted octanol–water partition coefficient (Wildman–Crippen LogP) is 19.2. The quantitative estimate of drug-likeness (QED) is 0.0262.